The number of hydrogen-bond donors (Lipinski definition) is 1. The number of rotatable bonds is 4. The summed E-state index contributed by atoms with van der Waals surface area (Å²) >= 11 is 1.68. The Morgan fingerprint density at radius 2 is 2.05 bits per heavy atom. The second-order valence-electron chi connectivity index (χ2n) is 5.90. The Balaban J connectivity index is 2.04. The molecule has 0 saturated carbocycles. The summed E-state index contributed by atoms with van der Waals surface area (Å²) in [4.78, 5) is 4.47. The first-order valence-electron chi connectivity index (χ1n) is 6.52. The van der Waals surface area contributed by atoms with Crippen LogP contribution in [-0.4, -0.2) is 20.3 Å². The standard InChI is InChI=1S/C14H22N4S/c1-10-12(6-15-14(3,4)5)7-18(17-10)8-13-9-19-11(2)16-13/h7,9,15H,6,8H2,1-5H3. The van der Waals surface area contributed by atoms with E-state index in [0.29, 0.717) is 0 Å². The molecule has 0 spiro atoms. The van der Waals surface area contributed by atoms with E-state index in [-0.39, 0.29) is 5.54 Å². The van der Waals surface area contributed by atoms with Crippen LogP contribution in [0.15, 0.2) is 11.6 Å². The summed E-state index contributed by atoms with van der Waals surface area (Å²) in [5.41, 5.74) is 3.55. The predicted octanol–water partition coefficient (Wildman–Crippen LogP) is 2.89. The molecule has 2 rings (SSSR count). The summed E-state index contributed by atoms with van der Waals surface area (Å²) in [5.74, 6) is 0. The third kappa shape index (κ3) is 4.14. The van der Waals surface area contributed by atoms with Crippen LogP contribution in [0.5, 0.6) is 0 Å². The topological polar surface area (TPSA) is 42.7 Å². The fourth-order valence-corrected chi connectivity index (χ4v) is 2.42. The normalized spacial score (nSPS) is 12.1. The third-order valence-electron chi connectivity index (χ3n) is 2.85. The van der Waals surface area contributed by atoms with Gasteiger partial charge in [-0.15, -0.1) is 11.3 Å². The smallest absolute Gasteiger partial charge is 0.0898 e. The zero-order valence-electron chi connectivity index (χ0n) is 12.3. The molecule has 104 valence electrons. The van der Waals surface area contributed by atoms with Crippen molar-refractivity contribution < 1.29 is 0 Å². The molecular formula is C14H22N4S. The molecule has 2 heterocycles. The van der Waals surface area contributed by atoms with E-state index in [9.17, 15) is 0 Å². The fraction of sp³-hybridized carbons (Fsp3) is 0.571. The summed E-state index contributed by atoms with van der Waals surface area (Å²) < 4.78 is 1.98. The van der Waals surface area contributed by atoms with Crippen molar-refractivity contribution in [1.82, 2.24) is 20.1 Å². The van der Waals surface area contributed by atoms with Crippen LogP contribution in [0.25, 0.3) is 0 Å². The molecule has 0 aliphatic carbocycles. The first kappa shape index (κ1) is 14.2. The lowest BCUT2D eigenvalue weighted by atomic mass is 10.1. The van der Waals surface area contributed by atoms with E-state index < -0.39 is 0 Å². The van der Waals surface area contributed by atoms with Crippen LogP contribution >= 0.6 is 11.3 Å². The maximum absolute atomic E-state index is 4.56. The Kier molecular flexibility index (Phi) is 4.06. The van der Waals surface area contributed by atoms with Crippen molar-refractivity contribution in [2.45, 2.75) is 53.2 Å². The molecular weight excluding hydrogens is 256 g/mol. The van der Waals surface area contributed by atoms with Gasteiger partial charge in [-0.05, 0) is 34.6 Å². The van der Waals surface area contributed by atoms with Gasteiger partial charge in [0, 0.05) is 29.2 Å². The molecule has 0 atom stereocenters. The van der Waals surface area contributed by atoms with Gasteiger partial charge in [0.2, 0.25) is 0 Å². The minimum atomic E-state index is 0.126. The Hall–Kier alpha value is -1.20. The minimum absolute atomic E-state index is 0.126. The van der Waals surface area contributed by atoms with E-state index >= 15 is 0 Å². The number of nitrogens with one attached hydrogen (secondary N) is 1. The second-order valence-corrected chi connectivity index (χ2v) is 6.96. The Bertz CT molecular complexity index is 548. The van der Waals surface area contributed by atoms with Gasteiger partial charge in [0.1, 0.15) is 0 Å². The van der Waals surface area contributed by atoms with E-state index in [1.165, 1.54) is 5.56 Å². The second kappa shape index (κ2) is 5.43. The minimum Gasteiger partial charge on any atom is -0.308 e. The van der Waals surface area contributed by atoms with Gasteiger partial charge in [0.25, 0.3) is 0 Å². The molecule has 19 heavy (non-hydrogen) atoms. The monoisotopic (exact) mass is 278 g/mol. The molecule has 0 saturated heterocycles. The highest BCUT2D eigenvalue weighted by atomic mass is 32.1. The maximum atomic E-state index is 4.56. The van der Waals surface area contributed by atoms with Crippen LogP contribution in [0.1, 0.15) is 42.7 Å². The van der Waals surface area contributed by atoms with E-state index in [1.807, 2.05) is 11.6 Å². The van der Waals surface area contributed by atoms with Gasteiger partial charge in [-0.25, -0.2) is 4.98 Å². The molecule has 2 aromatic heterocycles. The van der Waals surface area contributed by atoms with Crippen molar-refractivity contribution in [3.05, 3.63) is 33.5 Å². The number of hydrogen-bond acceptors (Lipinski definition) is 4. The number of thiazole rings is 1. The Labute approximate surface area is 118 Å². The lowest BCUT2D eigenvalue weighted by Crippen LogP contribution is -2.35. The van der Waals surface area contributed by atoms with Crippen molar-refractivity contribution in [3.8, 4) is 0 Å². The predicted molar refractivity (Wildman–Crippen MR) is 79.5 cm³/mol. The highest BCUT2D eigenvalue weighted by Crippen LogP contribution is 2.12. The van der Waals surface area contributed by atoms with Crippen molar-refractivity contribution in [2.24, 2.45) is 0 Å². The molecule has 0 aliphatic rings. The molecule has 0 aromatic carbocycles. The lowest BCUT2D eigenvalue weighted by molar-refractivity contribution is 0.423. The molecule has 2 aromatic rings. The van der Waals surface area contributed by atoms with Crippen molar-refractivity contribution in [2.75, 3.05) is 0 Å². The molecule has 0 aliphatic heterocycles. The highest BCUT2D eigenvalue weighted by Gasteiger charge is 2.12. The highest BCUT2D eigenvalue weighted by molar-refractivity contribution is 7.09. The molecule has 4 nitrogen and oxygen atoms in total. The van der Waals surface area contributed by atoms with E-state index in [0.717, 1.165) is 29.5 Å². The largest absolute Gasteiger partial charge is 0.308 e. The molecule has 0 unspecified atom stereocenters. The van der Waals surface area contributed by atoms with Crippen LogP contribution in [0.3, 0.4) is 0 Å². The molecule has 5 heteroatoms. The molecule has 0 amide bonds. The summed E-state index contributed by atoms with van der Waals surface area (Å²) in [7, 11) is 0. The van der Waals surface area contributed by atoms with Gasteiger partial charge in [-0.1, -0.05) is 0 Å². The van der Waals surface area contributed by atoms with Gasteiger partial charge in [0.05, 0.1) is 22.9 Å². The number of aryl methyl sites for hydroxylation is 2. The van der Waals surface area contributed by atoms with Crippen LogP contribution in [-0.2, 0) is 13.1 Å². The van der Waals surface area contributed by atoms with Gasteiger partial charge < -0.3 is 5.32 Å². The van der Waals surface area contributed by atoms with Crippen molar-refractivity contribution in [3.63, 3.8) is 0 Å². The summed E-state index contributed by atoms with van der Waals surface area (Å²) in [6, 6.07) is 0. The van der Waals surface area contributed by atoms with Crippen molar-refractivity contribution >= 4 is 11.3 Å². The van der Waals surface area contributed by atoms with E-state index in [1.54, 1.807) is 11.3 Å². The van der Waals surface area contributed by atoms with Gasteiger partial charge in [0.15, 0.2) is 0 Å². The van der Waals surface area contributed by atoms with Crippen molar-refractivity contribution in [1.29, 1.82) is 0 Å². The Morgan fingerprint density at radius 3 is 2.63 bits per heavy atom. The van der Waals surface area contributed by atoms with Crippen LogP contribution in [0.4, 0.5) is 0 Å². The average Bonchev–Trinajstić information content (AvgIpc) is 2.82. The van der Waals surface area contributed by atoms with Crippen LogP contribution < -0.4 is 5.32 Å². The fourth-order valence-electron chi connectivity index (χ4n) is 1.82. The molecule has 1 N–H and O–H groups in total. The van der Waals surface area contributed by atoms with Gasteiger partial charge in [-0.2, -0.15) is 5.10 Å². The summed E-state index contributed by atoms with van der Waals surface area (Å²) in [6.07, 6.45) is 2.11. The summed E-state index contributed by atoms with van der Waals surface area (Å²) in [6.45, 7) is 12.2. The number of aromatic nitrogens is 3. The SMILES string of the molecule is Cc1nc(Cn2cc(CNC(C)(C)C)c(C)n2)cs1. The van der Waals surface area contributed by atoms with E-state index in [4.69, 9.17) is 0 Å². The van der Waals surface area contributed by atoms with Crippen LogP contribution in [0.2, 0.25) is 0 Å². The first-order valence-corrected chi connectivity index (χ1v) is 7.40. The lowest BCUT2D eigenvalue weighted by Gasteiger charge is -2.20. The average molecular weight is 278 g/mol. The van der Waals surface area contributed by atoms with E-state index in [2.05, 4.69) is 54.7 Å². The van der Waals surface area contributed by atoms with Gasteiger partial charge >= 0.3 is 0 Å². The zero-order valence-corrected chi connectivity index (χ0v) is 13.1. The maximum Gasteiger partial charge on any atom is 0.0898 e. The Morgan fingerprint density at radius 1 is 1.32 bits per heavy atom. The molecule has 0 radical (unpaired) electrons. The molecule has 0 fully saturated rings. The third-order valence-corrected chi connectivity index (χ3v) is 3.67. The molecule has 0 bridgehead atoms. The zero-order chi connectivity index (χ0) is 14.0. The van der Waals surface area contributed by atoms with Crippen LogP contribution in [0, 0.1) is 13.8 Å². The van der Waals surface area contributed by atoms with Gasteiger partial charge in [-0.3, -0.25) is 4.68 Å². The quantitative estimate of drug-likeness (QED) is 0.935. The number of nitrogens with zero attached hydrogens (tertiary/aromatic N) is 3. The summed E-state index contributed by atoms with van der Waals surface area (Å²) in [5, 5.41) is 11.3. The first-order chi connectivity index (χ1) is 8.83.